The Kier molecular flexibility index (Phi) is 50.5. The van der Waals surface area contributed by atoms with Gasteiger partial charge < -0.3 is 39.0 Å². The van der Waals surface area contributed by atoms with Gasteiger partial charge in [-0.05, 0) is 83.5 Å². The van der Waals surface area contributed by atoms with E-state index in [0.717, 1.165) is 83.5 Å². The Labute approximate surface area is 490 Å². The zero-order valence-electron chi connectivity index (χ0n) is 50.2. The second kappa shape index (κ2) is 55.4. The largest absolute Gasteiger partial charge is 0.479 e. The van der Waals surface area contributed by atoms with Crippen molar-refractivity contribution in [3.05, 3.63) is 134 Å². The Bertz CT molecular complexity index is 1920. The standard InChI is InChI=1S/C69H108O12/c1-4-7-10-13-16-19-22-25-28-30-31-33-35-37-40-43-46-49-52-55-61(70)77-58-60(79-62(71)56-53-50-47-44-41-39-36-32-29-26-23-20-17-14-11-8-5-2)59-78-69-67(65(74)64(73)66(81-69)68(75)76)80-63(72)57-54-51-48-45-42-38-34-27-24-21-18-15-12-9-6-3/h7,9-10,12,16,18-19,21,25,27-28,31,33-34,37,40,42,45-46,49,51,54,60,64-67,69,73-74H,4-6,8,11,13-15,17,20,22-24,26,29-30,32,35-36,38-39,41,43-44,47-48,50,52-53,55-59H2,1-3H3,(H,75,76)/b10-7-,12-9-,19-16-,21-18-,28-25-,33-31-,34-27-,40-37-,45-42-,49-46-,54-51-. The molecule has 81 heavy (non-hydrogen) atoms. The van der Waals surface area contributed by atoms with E-state index in [1.807, 2.05) is 24.3 Å². The number of rotatable bonds is 51. The molecule has 3 N–H and O–H groups in total. The third-order valence-electron chi connectivity index (χ3n) is 13.3. The molecule has 1 fully saturated rings. The summed E-state index contributed by atoms with van der Waals surface area (Å²) in [6.45, 7) is 5.66. The Hall–Kier alpha value is -5.14. The number of ether oxygens (including phenoxy) is 5. The van der Waals surface area contributed by atoms with Crippen LogP contribution in [0.1, 0.15) is 226 Å². The van der Waals surface area contributed by atoms with Gasteiger partial charge in [-0.15, -0.1) is 0 Å². The average molecular weight is 1130 g/mol. The van der Waals surface area contributed by atoms with Crippen LogP contribution in [0.3, 0.4) is 0 Å². The first-order chi connectivity index (χ1) is 39.6. The van der Waals surface area contributed by atoms with Crippen molar-refractivity contribution in [3.8, 4) is 0 Å². The molecule has 6 unspecified atom stereocenters. The van der Waals surface area contributed by atoms with E-state index in [9.17, 15) is 34.5 Å². The molecular formula is C69H108O12. The van der Waals surface area contributed by atoms with Gasteiger partial charge in [-0.3, -0.25) is 14.4 Å². The molecule has 1 heterocycles. The van der Waals surface area contributed by atoms with E-state index < -0.39 is 67.3 Å². The lowest BCUT2D eigenvalue weighted by atomic mass is 9.98. The Morgan fingerprint density at radius 1 is 0.432 bits per heavy atom. The highest BCUT2D eigenvalue weighted by Crippen LogP contribution is 2.26. The normalized spacial score (nSPS) is 18.7. The highest BCUT2D eigenvalue weighted by Gasteiger charge is 2.50. The molecule has 0 amide bonds. The van der Waals surface area contributed by atoms with E-state index in [1.165, 1.54) is 83.5 Å². The molecule has 6 atom stereocenters. The molecule has 0 bridgehead atoms. The number of aliphatic hydroxyl groups is 2. The molecule has 0 saturated carbocycles. The van der Waals surface area contributed by atoms with Crippen molar-refractivity contribution >= 4 is 23.9 Å². The number of allylic oxidation sites excluding steroid dienone is 21. The van der Waals surface area contributed by atoms with Gasteiger partial charge in [-0.1, -0.05) is 257 Å². The van der Waals surface area contributed by atoms with Gasteiger partial charge in [-0.2, -0.15) is 0 Å². The van der Waals surface area contributed by atoms with E-state index >= 15 is 0 Å². The number of carboxylic acids is 1. The van der Waals surface area contributed by atoms with Crippen molar-refractivity contribution < 1.29 is 58.2 Å². The molecule has 12 nitrogen and oxygen atoms in total. The van der Waals surface area contributed by atoms with E-state index in [4.69, 9.17) is 23.7 Å². The van der Waals surface area contributed by atoms with Gasteiger partial charge in [0.25, 0.3) is 0 Å². The first kappa shape index (κ1) is 73.9. The molecule has 0 spiro atoms. The molecule has 12 heteroatoms. The van der Waals surface area contributed by atoms with Crippen LogP contribution in [0.25, 0.3) is 0 Å². The van der Waals surface area contributed by atoms with Crippen molar-refractivity contribution in [1.29, 1.82) is 0 Å². The van der Waals surface area contributed by atoms with Crippen LogP contribution in [0.5, 0.6) is 0 Å². The summed E-state index contributed by atoms with van der Waals surface area (Å²) >= 11 is 0. The Morgan fingerprint density at radius 2 is 0.815 bits per heavy atom. The van der Waals surface area contributed by atoms with E-state index in [0.29, 0.717) is 19.3 Å². The van der Waals surface area contributed by atoms with Crippen molar-refractivity contribution in [3.63, 3.8) is 0 Å². The minimum Gasteiger partial charge on any atom is -0.479 e. The SMILES string of the molecule is CC/C=C\C/C=C\C/C=C\C/C=C\C/C=C\C/C=C\CCC(=O)OCC(COC1OC(C(=O)O)C(O)C(O)C1OC(=O)C/C=C\C/C=C\C/C=C\C/C=C\C/C=C\CC)OC(=O)CCCCCCCCCCCCCCCCCCC. The number of hydrogen-bond donors (Lipinski definition) is 3. The number of carbonyl (C=O) groups is 4. The first-order valence-electron chi connectivity index (χ1n) is 31.2. The van der Waals surface area contributed by atoms with Gasteiger partial charge in [-0.25, -0.2) is 4.79 Å². The predicted octanol–water partition coefficient (Wildman–Crippen LogP) is 16.6. The minimum absolute atomic E-state index is 0.0783. The molecular weight excluding hydrogens is 1020 g/mol. The number of aliphatic hydroxyl groups excluding tert-OH is 2. The summed E-state index contributed by atoms with van der Waals surface area (Å²) in [6.07, 6.45) is 66.0. The highest BCUT2D eigenvalue weighted by molar-refractivity contribution is 5.74. The fourth-order valence-electron chi connectivity index (χ4n) is 8.59. The fourth-order valence-corrected chi connectivity index (χ4v) is 8.59. The van der Waals surface area contributed by atoms with Crippen molar-refractivity contribution in [2.24, 2.45) is 0 Å². The van der Waals surface area contributed by atoms with Crippen LogP contribution in [0, 0.1) is 0 Å². The lowest BCUT2D eigenvalue weighted by molar-refractivity contribution is -0.301. The van der Waals surface area contributed by atoms with E-state index in [1.54, 1.807) is 12.2 Å². The topological polar surface area (TPSA) is 175 Å². The summed E-state index contributed by atoms with van der Waals surface area (Å²) in [5, 5.41) is 31.5. The van der Waals surface area contributed by atoms with Gasteiger partial charge in [0.15, 0.2) is 24.6 Å². The number of unbranched alkanes of at least 4 members (excludes halogenated alkanes) is 16. The van der Waals surface area contributed by atoms with Crippen LogP contribution >= 0.6 is 0 Å². The fraction of sp³-hybridized carbons (Fsp3) is 0.623. The van der Waals surface area contributed by atoms with Crippen LogP contribution in [0.15, 0.2) is 134 Å². The zero-order chi connectivity index (χ0) is 58.9. The number of esters is 3. The Balaban J connectivity index is 2.77. The lowest BCUT2D eigenvalue weighted by Gasteiger charge is -2.40. The maximum absolute atomic E-state index is 13.2. The molecule has 456 valence electrons. The van der Waals surface area contributed by atoms with Crippen molar-refractivity contribution in [2.45, 2.75) is 263 Å². The summed E-state index contributed by atoms with van der Waals surface area (Å²) in [5.74, 6) is -3.40. The maximum atomic E-state index is 13.2. The second-order valence-electron chi connectivity index (χ2n) is 20.6. The summed E-state index contributed by atoms with van der Waals surface area (Å²) in [4.78, 5) is 51.2. The van der Waals surface area contributed by atoms with Gasteiger partial charge >= 0.3 is 23.9 Å². The van der Waals surface area contributed by atoms with Crippen molar-refractivity contribution in [2.75, 3.05) is 13.2 Å². The molecule has 1 aliphatic rings. The third-order valence-corrected chi connectivity index (χ3v) is 13.3. The van der Waals surface area contributed by atoms with Crippen LogP contribution in [-0.2, 0) is 42.9 Å². The molecule has 0 aromatic rings. The monoisotopic (exact) mass is 1130 g/mol. The lowest BCUT2D eigenvalue weighted by Crippen LogP contribution is -2.61. The van der Waals surface area contributed by atoms with Crippen LogP contribution in [0.4, 0.5) is 0 Å². The van der Waals surface area contributed by atoms with Crippen LogP contribution < -0.4 is 0 Å². The number of carboxylic acid groups (broad SMARTS) is 1. The molecule has 1 saturated heterocycles. The zero-order valence-corrected chi connectivity index (χ0v) is 50.2. The van der Waals surface area contributed by atoms with Crippen molar-refractivity contribution in [1.82, 2.24) is 0 Å². The average Bonchev–Trinajstić information content (AvgIpc) is 3.53. The van der Waals surface area contributed by atoms with Gasteiger partial charge in [0.2, 0.25) is 0 Å². The molecule has 0 aromatic carbocycles. The molecule has 1 rings (SSSR count). The second-order valence-corrected chi connectivity index (χ2v) is 20.6. The number of aliphatic carboxylic acids is 1. The Morgan fingerprint density at radius 3 is 1.22 bits per heavy atom. The quantitative estimate of drug-likeness (QED) is 0.0228. The number of hydrogen-bond acceptors (Lipinski definition) is 11. The summed E-state index contributed by atoms with van der Waals surface area (Å²) in [7, 11) is 0. The highest BCUT2D eigenvalue weighted by atomic mass is 16.7. The summed E-state index contributed by atoms with van der Waals surface area (Å²) in [6, 6.07) is 0. The summed E-state index contributed by atoms with van der Waals surface area (Å²) in [5.41, 5.74) is 0. The third kappa shape index (κ3) is 45.1. The molecule has 0 aromatic heterocycles. The minimum atomic E-state index is -1.95. The van der Waals surface area contributed by atoms with Crippen LogP contribution in [0.2, 0.25) is 0 Å². The van der Waals surface area contributed by atoms with Gasteiger partial charge in [0, 0.05) is 12.8 Å². The first-order valence-corrected chi connectivity index (χ1v) is 31.2. The van der Waals surface area contributed by atoms with Gasteiger partial charge in [0.1, 0.15) is 18.8 Å². The van der Waals surface area contributed by atoms with Gasteiger partial charge in [0.05, 0.1) is 13.0 Å². The smallest absolute Gasteiger partial charge is 0.335 e. The number of carbonyl (C=O) groups excluding carboxylic acids is 3. The van der Waals surface area contributed by atoms with E-state index in [-0.39, 0.29) is 25.9 Å². The molecule has 1 aliphatic heterocycles. The molecule has 0 radical (unpaired) electrons. The predicted molar refractivity (Wildman–Crippen MR) is 330 cm³/mol. The molecule has 0 aliphatic carbocycles. The maximum Gasteiger partial charge on any atom is 0.335 e. The van der Waals surface area contributed by atoms with Crippen LogP contribution in [-0.4, -0.2) is 89.2 Å². The summed E-state index contributed by atoms with van der Waals surface area (Å²) < 4.78 is 28.3. The van der Waals surface area contributed by atoms with E-state index in [2.05, 4.69) is 118 Å².